The van der Waals surface area contributed by atoms with Gasteiger partial charge in [0.2, 0.25) is 0 Å². The third-order valence-electron chi connectivity index (χ3n) is 3.73. The van der Waals surface area contributed by atoms with Gasteiger partial charge >= 0.3 is 5.97 Å². The number of benzene rings is 1. The standard InChI is InChI=1S/C19H21NO4/c1-22-18-13-15(7-9-17(18)23-12-11-20)8-10-19(21)24-14-16-5-3-2-4-6-16/h2-3,7-10,13,16H,4-6,12,14H2,1H3/b10-8+. The van der Waals surface area contributed by atoms with Crippen molar-refractivity contribution in [3.05, 3.63) is 42.0 Å². The molecule has 2 rings (SSSR count). The summed E-state index contributed by atoms with van der Waals surface area (Å²) < 4.78 is 15.8. The molecule has 24 heavy (non-hydrogen) atoms. The lowest BCUT2D eigenvalue weighted by atomic mass is 9.95. The summed E-state index contributed by atoms with van der Waals surface area (Å²) in [6, 6.07) is 7.13. The Morgan fingerprint density at radius 1 is 1.38 bits per heavy atom. The molecule has 1 aromatic carbocycles. The van der Waals surface area contributed by atoms with Gasteiger partial charge in [0.25, 0.3) is 0 Å². The molecule has 1 aromatic rings. The molecule has 5 heteroatoms. The first kappa shape index (κ1) is 17.6. The second-order valence-electron chi connectivity index (χ2n) is 5.47. The average molecular weight is 327 g/mol. The molecule has 0 aliphatic heterocycles. The minimum atomic E-state index is -0.353. The van der Waals surface area contributed by atoms with Crippen molar-refractivity contribution >= 4 is 12.0 Å². The van der Waals surface area contributed by atoms with E-state index in [-0.39, 0.29) is 12.6 Å². The lowest BCUT2D eigenvalue weighted by Gasteiger charge is -2.16. The highest BCUT2D eigenvalue weighted by Gasteiger charge is 2.11. The molecule has 0 saturated heterocycles. The third-order valence-corrected chi connectivity index (χ3v) is 3.73. The Bertz CT molecular complexity index is 658. The number of carbonyl (C=O) groups excluding carboxylic acids is 1. The van der Waals surface area contributed by atoms with E-state index in [1.54, 1.807) is 24.3 Å². The van der Waals surface area contributed by atoms with Crippen molar-refractivity contribution in [1.29, 1.82) is 5.26 Å². The van der Waals surface area contributed by atoms with E-state index in [4.69, 9.17) is 19.5 Å². The Morgan fingerprint density at radius 3 is 2.96 bits per heavy atom. The largest absolute Gasteiger partial charge is 0.493 e. The van der Waals surface area contributed by atoms with Crippen LogP contribution in [0.5, 0.6) is 11.5 Å². The molecule has 0 saturated carbocycles. The molecule has 5 nitrogen and oxygen atoms in total. The third kappa shape index (κ3) is 5.47. The Labute approximate surface area is 142 Å². The van der Waals surface area contributed by atoms with Crippen molar-refractivity contribution in [3.8, 4) is 17.6 Å². The smallest absolute Gasteiger partial charge is 0.330 e. The number of methoxy groups -OCH3 is 1. The maximum Gasteiger partial charge on any atom is 0.330 e. The van der Waals surface area contributed by atoms with Crippen LogP contribution < -0.4 is 9.47 Å². The van der Waals surface area contributed by atoms with Crippen molar-refractivity contribution in [1.82, 2.24) is 0 Å². The summed E-state index contributed by atoms with van der Waals surface area (Å²) >= 11 is 0. The van der Waals surface area contributed by atoms with Gasteiger partial charge in [-0.1, -0.05) is 18.2 Å². The average Bonchev–Trinajstić information content (AvgIpc) is 2.64. The molecule has 126 valence electrons. The van der Waals surface area contributed by atoms with Gasteiger partial charge in [-0.3, -0.25) is 0 Å². The van der Waals surface area contributed by atoms with Crippen LogP contribution in [0.15, 0.2) is 36.4 Å². The topological polar surface area (TPSA) is 68.6 Å². The SMILES string of the molecule is COc1cc(/C=C/C(=O)OCC2CC=CCC2)ccc1OCC#N. The maximum atomic E-state index is 11.8. The minimum absolute atomic E-state index is 0.0474. The summed E-state index contributed by atoms with van der Waals surface area (Å²) in [4.78, 5) is 11.8. The molecule has 0 N–H and O–H groups in total. The first-order valence-electron chi connectivity index (χ1n) is 7.90. The zero-order valence-electron chi connectivity index (χ0n) is 13.7. The number of carbonyl (C=O) groups is 1. The van der Waals surface area contributed by atoms with Crippen molar-refractivity contribution in [2.24, 2.45) is 5.92 Å². The van der Waals surface area contributed by atoms with Crippen LogP contribution in [-0.2, 0) is 9.53 Å². The summed E-state index contributed by atoms with van der Waals surface area (Å²) in [6.45, 7) is 0.409. The van der Waals surface area contributed by atoms with Crippen LogP contribution >= 0.6 is 0 Å². The van der Waals surface area contributed by atoms with Crippen LogP contribution in [0, 0.1) is 17.2 Å². The van der Waals surface area contributed by atoms with Crippen LogP contribution in [0.1, 0.15) is 24.8 Å². The van der Waals surface area contributed by atoms with E-state index in [0.717, 1.165) is 24.8 Å². The van der Waals surface area contributed by atoms with E-state index >= 15 is 0 Å². The van der Waals surface area contributed by atoms with Gasteiger partial charge in [-0.15, -0.1) is 0 Å². The molecule has 0 bridgehead atoms. The molecular formula is C19H21NO4. The second-order valence-corrected chi connectivity index (χ2v) is 5.47. The predicted molar refractivity (Wildman–Crippen MR) is 90.6 cm³/mol. The van der Waals surface area contributed by atoms with Crippen molar-refractivity contribution in [2.75, 3.05) is 20.3 Å². The van der Waals surface area contributed by atoms with Gasteiger partial charge in [0.15, 0.2) is 18.1 Å². The summed E-state index contributed by atoms with van der Waals surface area (Å²) in [6.07, 6.45) is 10.5. The number of esters is 1. The monoisotopic (exact) mass is 327 g/mol. The Hall–Kier alpha value is -2.74. The molecule has 1 aliphatic carbocycles. The van der Waals surface area contributed by atoms with Gasteiger partial charge in [0, 0.05) is 6.08 Å². The maximum absolute atomic E-state index is 11.8. The lowest BCUT2D eigenvalue weighted by molar-refractivity contribution is -0.139. The molecule has 1 aliphatic rings. The normalized spacial score (nSPS) is 16.6. The van der Waals surface area contributed by atoms with Gasteiger partial charge in [0.1, 0.15) is 6.07 Å². The van der Waals surface area contributed by atoms with E-state index in [1.165, 1.54) is 13.2 Å². The van der Waals surface area contributed by atoms with E-state index in [0.29, 0.717) is 24.0 Å². The number of allylic oxidation sites excluding steroid dienone is 2. The van der Waals surface area contributed by atoms with E-state index in [1.807, 2.05) is 6.07 Å². The fourth-order valence-electron chi connectivity index (χ4n) is 2.44. The Balaban J connectivity index is 1.89. The summed E-state index contributed by atoms with van der Waals surface area (Å²) in [5.41, 5.74) is 0.786. The van der Waals surface area contributed by atoms with Gasteiger partial charge in [-0.05, 0) is 49.0 Å². The van der Waals surface area contributed by atoms with Crippen LogP contribution in [0.4, 0.5) is 0 Å². The number of hydrogen-bond donors (Lipinski definition) is 0. The number of ether oxygens (including phenoxy) is 3. The Morgan fingerprint density at radius 2 is 2.25 bits per heavy atom. The fourth-order valence-corrected chi connectivity index (χ4v) is 2.44. The number of nitrogens with zero attached hydrogens (tertiary/aromatic N) is 1. The van der Waals surface area contributed by atoms with Gasteiger partial charge < -0.3 is 14.2 Å². The summed E-state index contributed by atoms with van der Waals surface area (Å²) in [5, 5.41) is 8.55. The first-order chi connectivity index (χ1) is 11.7. The highest BCUT2D eigenvalue weighted by molar-refractivity contribution is 5.87. The zero-order chi connectivity index (χ0) is 17.2. The first-order valence-corrected chi connectivity index (χ1v) is 7.90. The fraction of sp³-hybridized carbons (Fsp3) is 0.368. The van der Waals surface area contributed by atoms with Crippen LogP contribution in [0.25, 0.3) is 6.08 Å². The van der Waals surface area contributed by atoms with Gasteiger partial charge in [0.05, 0.1) is 13.7 Å². The number of hydrogen-bond acceptors (Lipinski definition) is 5. The van der Waals surface area contributed by atoms with Gasteiger partial charge in [-0.25, -0.2) is 4.79 Å². The lowest BCUT2D eigenvalue weighted by Crippen LogP contribution is -2.13. The van der Waals surface area contributed by atoms with E-state index in [2.05, 4.69) is 12.2 Å². The molecule has 0 fully saturated rings. The molecule has 0 aromatic heterocycles. The van der Waals surface area contributed by atoms with Crippen LogP contribution in [-0.4, -0.2) is 26.3 Å². The van der Waals surface area contributed by atoms with Gasteiger partial charge in [-0.2, -0.15) is 5.26 Å². The molecular weight excluding hydrogens is 306 g/mol. The quantitative estimate of drug-likeness (QED) is 0.435. The number of nitriles is 1. The second kappa shape index (κ2) is 9.41. The highest BCUT2D eigenvalue weighted by atomic mass is 16.5. The minimum Gasteiger partial charge on any atom is -0.493 e. The molecule has 0 amide bonds. The van der Waals surface area contributed by atoms with Crippen LogP contribution in [0.3, 0.4) is 0 Å². The molecule has 0 heterocycles. The molecule has 1 atom stereocenters. The highest BCUT2D eigenvalue weighted by Crippen LogP contribution is 2.28. The zero-order valence-corrected chi connectivity index (χ0v) is 13.7. The molecule has 1 unspecified atom stereocenters. The van der Waals surface area contributed by atoms with Crippen molar-refractivity contribution in [3.63, 3.8) is 0 Å². The van der Waals surface area contributed by atoms with Crippen LogP contribution in [0.2, 0.25) is 0 Å². The number of rotatable bonds is 7. The van der Waals surface area contributed by atoms with E-state index < -0.39 is 0 Å². The van der Waals surface area contributed by atoms with Crippen molar-refractivity contribution in [2.45, 2.75) is 19.3 Å². The summed E-state index contributed by atoms with van der Waals surface area (Å²) in [7, 11) is 1.52. The Kier molecular flexibility index (Phi) is 6.91. The predicted octanol–water partition coefficient (Wildman–Crippen LogP) is 3.51. The van der Waals surface area contributed by atoms with Crippen molar-refractivity contribution < 1.29 is 19.0 Å². The molecule has 0 radical (unpaired) electrons. The van der Waals surface area contributed by atoms with E-state index in [9.17, 15) is 4.79 Å². The molecule has 0 spiro atoms. The summed E-state index contributed by atoms with van der Waals surface area (Å²) in [5.74, 6) is 1.07.